The molecule has 1 aliphatic rings. The number of nitrogens with one attached hydrogen (secondary N) is 1. The topological polar surface area (TPSA) is 99.0 Å². The molecule has 0 saturated carbocycles. The number of piperazine rings is 1. The highest BCUT2D eigenvalue weighted by atomic mass is 16.6. The number of urea groups is 1. The molecule has 0 radical (unpaired) electrons. The standard InChI is InChI=1S/C19H30N4O4/c1-5-15-12-22(16(6-2)11-21(15)13-19(3,4)25)18(24)20-14-8-7-9-17(10-14)23(26)27/h7-10,15-16,25H,5-6,11-13H2,1-4H3,(H,20,24)/t15-,16-/m0/s1. The van der Waals surface area contributed by atoms with E-state index in [4.69, 9.17) is 0 Å². The summed E-state index contributed by atoms with van der Waals surface area (Å²) >= 11 is 0. The molecule has 8 heteroatoms. The highest BCUT2D eigenvalue weighted by Gasteiger charge is 2.36. The summed E-state index contributed by atoms with van der Waals surface area (Å²) in [4.78, 5) is 27.4. The lowest BCUT2D eigenvalue weighted by Crippen LogP contribution is -2.62. The summed E-state index contributed by atoms with van der Waals surface area (Å²) in [6.07, 6.45) is 1.66. The predicted octanol–water partition coefficient (Wildman–Crippen LogP) is 3.07. The molecule has 1 aliphatic heterocycles. The van der Waals surface area contributed by atoms with Crippen molar-refractivity contribution in [1.82, 2.24) is 9.80 Å². The number of β-amino-alcohol motifs (C(OH)–C–C–N with tert-alkyl or cyclic N) is 1. The molecule has 1 saturated heterocycles. The Hall–Kier alpha value is -2.19. The summed E-state index contributed by atoms with van der Waals surface area (Å²) in [5.74, 6) is 0. The van der Waals surface area contributed by atoms with Crippen molar-refractivity contribution in [3.63, 3.8) is 0 Å². The molecule has 2 atom stereocenters. The fourth-order valence-corrected chi connectivity index (χ4v) is 3.58. The molecule has 27 heavy (non-hydrogen) atoms. The first-order chi connectivity index (χ1) is 12.6. The summed E-state index contributed by atoms with van der Waals surface area (Å²) < 4.78 is 0. The van der Waals surface area contributed by atoms with Crippen LogP contribution >= 0.6 is 0 Å². The summed E-state index contributed by atoms with van der Waals surface area (Å²) in [5, 5.41) is 23.9. The molecule has 1 aromatic rings. The second kappa shape index (κ2) is 8.67. The molecule has 1 fully saturated rings. The maximum atomic E-state index is 12.8. The van der Waals surface area contributed by atoms with Crippen LogP contribution in [0.3, 0.4) is 0 Å². The number of aliphatic hydroxyl groups is 1. The van der Waals surface area contributed by atoms with Crippen LogP contribution in [0.25, 0.3) is 0 Å². The van der Waals surface area contributed by atoms with Gasteiger partial charge in [-0.15, -0.1) is 0 Å². The zero-order valence-electron chi connectivity index (χ0n) is 16.5. The molecular formula is C19H30N4O4. The number of hydrogen-bond acceptors (Lipinski definition) is 5. The van der Waals surface area contributed by atoms with Crippen LogP contribution in [0.4, 0.5) is 16.2 Å². The fraction of sp³-hybridized carbons (Fsp3) is 0.632. The van der Waals surface area contributed by atoms with Crippen molar-refractivity contribution in [2.24, 2.45) is 0 Å². The van der Waals surface area contributed by atoms with E-state index in [2.05, 4.69) is 17.1 Å². The lowest BCUT2D eigenvalue weighted by Gasteiger charge is -2.47. The van der Waals surface area contributed by atoms with Crippen LogP contribution in [0.5, 0.6) is 0 Å². The van der Waals surface area contributed by atoms with Crippen molar-refractivity contribution in [2.75, 3.05) is 25.0 Å². The first kappa shape index (κ1) is 21.1. The van der Waals surface area contributed by atoms with Crippen molar-refractivity contribution in [2.45, 2.75) is 58.2 Å². The summed E-state index contributed by atoms with van der Waals surface area (Å²) in [6.45, 7) is 9.51. The maximum Gasteiger partial charge on any atom is 0.322 e. The Morgan fingerprint density at radius 3 is 2.52 bits per heavy atom. The summed E-state index contributed by atoms with van der Waals surface area (Å²) in [7, 11) is 0. The Balaban J connectivity index is 2.13. The van der Waals surface area contributed by atoms with Gasteiger partial charge < -0.3 is 15.3 Å². The molecule has 2 amide bonds. The van der Waals surface area contributed by atoms with Gasteiger partial charge in [0.25, 0.3) is 5.69 Å². The van der Waals surface area contributed by atoms with Gasteiger partial charge in [-0.2, -0.15) is 0 Å². The van der Waals surface area contributed by atoms with Crippen LogP contribution in [0, 0.1) is 10.1 Å². The molecule has 1 aromatic carbocycles. The van der Waals surface area contributed by atoms with Crippen molar-refractivity contribution in [3.05, 3.63) is 34.4 Å². The number of amides is 2. The SMILES string of the molecule is CC[C@H]1CN(C(=O)Nc2cccc([N+](=O)[O-])c2)[C@@H](CC)CN1CC(C)(C)O. The minimum atomic E-state index is -0.793. The maximum absolute atomic E-state index is 12.8. The Morgan fingerprint density at radius 2 is 1.96 bits per heavy atom. The van der Waals surface area contributed by atoms with E-state index in [-0.39, 0.29) is 23.8 Å². The third-order valence-electron chi connectivity index (χ3n) is 4.91. The minimum absolute atomic E-state index is 0.0221. The van der Waals surface area contributed by atoms with Gasteiger partial charge in [0.15, 0.2) is 0 Å². The third kappa shape index (κ3) is 5.64. The second-order valence-electron chi connectivity index (χ2n) is 7.76. The van der Waals surface area contributed by atoms with E-state index in [1.807, 2.05) is 11.8 Å². The van der Waals surface area contributed by atoms with E-state index in [9.17, 15) is 20.0 Å². The second-order valence-corrected chi connectivity index (χ2v) is 7.76. The number of hydrogen-bond donors (Lipinski definition) is 2. The van der Waals surface area contributed by atoms with Gasteiger partial charge in [-0.25, -0.2) is 4.79 Å². The monoisotopic (exact) mass is 378 g/mol. The van der Waals surface area contributed by atoms with Crippen LogP contribution in [-0.2, 0) is 0 Å². The number of nitrogens with zero attached hydrogens (tertiary/aromatic N) is 3. The first-order valence-electron chi connectivity index (χ1n) is 9.43. The van der Waals surface area contributed by atoms with E-state index in [0.29, 0.717) is 25.3 Å². The van der Waals surface area contributed by atoms with Crippen LogP contribution in [0.15, 0.2) is 24.3 Å². The summed E-state index contributed by atoms with van der Waals surface area (Å²) in [6, 6.07) is 5.90. The van der Waals surface area contributed by atoms with Crippen molar-refractivity contribution in [3.8, 4) is 0 Å². The first-order valence-corrected chi connectivity index (χ1v) is 9.43. The molecule has 2 rings (SSSR count). The van der Waals surface area contributed by atoms with Crippen molar-refractivity contribution < 1.29 is 14.8 Å². The highest BCUT2D eigenvalue weighted by Crippen LogP contribution is 2.24. The quantitative estimate of drug-likeness (QED) is 0.585. The Bertz CT molecular complexity index is 674. The number of nitro groups is 1. The molecule has 0 unspecified atom stereocenters. The normalized spacial score (nSPS) is 21.1. The van der Waals surface area contributed by atoms with Crippen molar-refractivity contribution >= 4 is 17.4 Å². The molecular weight excluding hydrogens is 348 g/mol. The zero-order valence-corrected chi connectivity index (χ0v) is 16.5. The third-order valence-corrected chi connectivity index (χ3v) is 4.91. The minimum Gasteiger partial charge on any atom is -0.389 e. The van der Waals surface area contributed by atoms with Gasteiger partial charge in [-0.05, 0) is 32.8 Å². The lowest BCUT2D eigenvalue weighted by molar-refractivity contribution is -0.384. The number of nitro benzene ring substituents is 1. The van der Waals surface area contributed by atoms with E-state index >= 15 is 0 Å². The van der Waals surface area contributed by atoms with Crippen LogP contribution in [0.1, 0.15) is 40.5 Å². The number of anilines is 1. The fourth-order valence-electron chi connectivity index (χ4n) is 3.58. The molecule has 0 bridgehead atoms. The molecule has 2 N–H and O–H groups in total. The van der Waals surface area contributed by atoms with Gasteiger partial charge in [0.05, 0.1) is 10.5 Å². The number of rotatable bonds is 6. The molecule has 150 valence electrons. The Kier molecular flexibility index (Phi) is 6.78. The number of carbonyl (C=O) groups is 1. The largest absolute Gasteiger partial charge is 0.389 e. The number of non-ortho nitro benzene ring substituents is 1. The Labute approximate surface area is 160 Å². The van der Waals surface area contributed by atoms with Crippen LogP contribution in [-0.4, -0.2) is 63.2 Å². The van der Waals surface area contributed by atoms with Gasteiger partial charge in [0.2, 0.25) is 0 Å². The molecule has 0 aliphatic carbocycles. The number of benzene rings is 1. The zero-order chi connectivity index (χ0) is 20.2. The van der Waals surface area contributed by atoms with Crippen molar-refractivity contribution in [1.29, 1.82) is 0 Å². The van der Waals surface area contributed by atoms with Crippen LogP contribution in [0.2, 0.25) is 0 Å². The van der Waals surface area contributed by atoms with Crippen LogP contribution < -0.4 is 5.32 Å². The average Bonchev–Trinajstić information content (AvgIpc) is 2.60. The van der Waals surface area contributed by atoms with E-state index < -0.39 is 10.5 Å². The smallest absolute Gasteiger partial charge is 0.322 e. The van der Waals surface area contributed by atoms with E-state index in [1.165, 1.54) is 12.1 Å². The van der Waals surface area contributed by atoms with E-state index in [1.54, 1.807) is 26.0 Å². The van der Waals surface area contributed by atoms with Gasteiger partial charge in [-0.3, -0.25) is 15.0 Å². The summed E-state index contributed by atoms with van der Waals surface area (Å²) in [5.41, 5.74) is -0.434. The van der Waals surface area contributed by atoms with Gasteiger partial charge in [0, 0.05) is 49.5 Å². The lowest BCUT2D eigenvalue weighted by atomic mass is 10.00. The van der Waals surface area contributed by atoms with Gasteiger partial charge in [0.1, 0.15) is 0 Å². The molecule has 1 heterocycles. The molecule has 8 nitrogen and oxygen atoms in total. The molecule has 0 aromatic heterocycles. The Morgan fingerprint density at radius 1 is 1.30 bits per heavy atom. The van der Waals surface area contributed by atoms with E-state index in [0.717, 1.165) is 12.8 Å². The highest BCUT2D eigenvalue weighted by molar-refractivity contribution is 5.90. The van der Waals surface area contributed by atoms with Gasteiger partial charge >= 0.3 is 6.03 Å². The van der Waals surface area contributed by atoms with Gasteiger partial charge in [-0.1, -0.05) is 19.9 Å². The average molecular weight is 378 g/mol. The predicted molar refractivity (Wildman–Crippen MR) is 105 cm³/mol. The molecule has 0 spiro atoms. The number of carbonyl (C=O) groups excluding carboxylic acids is 1.